The van der Waals surface area contributed by atoms with E-state index in [1.807, 2.05) is 6.92 Å². The summed E-state index contributed by atoms with van der Waals surface area (Å²) in [5.74, 6) is -0.523. The lowest BCUT2D eigenvalue weighted by Gasteiger charge is -2.39. The first-order valence-corrected chi connectivity index (χ1v) is 6.02. The molecule has 0 aliphatic heterocycles. The van der Waals surface area contributed by atoms with Crippen LogP contribution in [0, 0.1) is 0 Å². The number of amides is 1. The zero-order valence-corrected chi connectivity index (χ0v) is 10.3. The third kappa shape index (κ3) is 4.13. The maximum absolute atomic E-state index is 12.1. The number of primary amides is 1. The predicted octanol–water partition coefficient (Wildman–Crippen LogP) is 1.34. The van der Waals surface area contributed by atoms with Crippen molar-refractivity contribution in [2.75, 3.05) is 13.2 Å². The normalized spacial score (nSPS) is 29.2. The van der Waals surface area contributed by atoms with Crippen LogP contribution in [0.25, 0.3) is 0 Å². The number of ether oxygens (including phenoxy) is 1. The molecule has 2 unspecified atom stereocenters. The van der Waals surface area contributed by atoms with E-state index in [1.54, 1.807) is 0 Å². The van der Waals surface area contributed by atoms with Crippen molar-refractivity contribution in [3.8, 4) is 0 Å². The second kappa shape index (κ2) is 5.88. The van der Waals surface area contributed by atoms with E-state index in [2.05, 4.69) is 5.32 Å². The van der Waals surface area contributed by atoms with Crippen LogP contribution in [0.15, 0.2) is 0 Å². The van der Waals surface area contributed by atoms with Crippen LogP contribution < -0.4 is 11.1 Å². The fraction of sp³-hybridized carbons (Fsp3) is 0.909. The van der Waals surface area contributed by atoms with Crippen molar-refractivity contribution in [3.63, 3.8) is 0 Å². The highest BCUT2D eigenvalue weighted by Crippen LogP contribution is 2.31. The summed E-state index contributed by atoms with van der Waals surface area (Å²) in [6, 6.07) is 0. The van der Waals surface area contributed by atoms with Gasteiger partial charge in [0.05, 0.1) is 6.10 Å². The molecule has 0 heterocycles. The molecule has 1 fully saturated rings. The molecule has 18 heavy (non-hydrogen) atoms. The van der Waals surface area contributed by atoms with Crippen molar-refractivity contribution < 1.29 is 22.7 Å². The highest BCUT2D eigenvalue weighted by atomic mass is 19.4. The van der Waals surface area contributed by atoms with Gasteiger partial charge < -0.3 is 15.8 Å². The smallest absolute Gasteiger partial charge is 0.369 e. The number of hydrogen-bond donors (Lipinski definition) is 2. The van der Waals surface area contributed by atoms with E-state index in [0.717, 1.165) is 0 Å². The van der Waals surface area contributed by atoms with Gasteiger partial charge in [0.2, 0.25) is 5.91 Å². The van der Waals surface area contributed by atoms with E-state index in [1.165, 1.54) is 0 Å². The number of likely N-dealkylation sites (N-methyl/N-ethyl adjacent to an activating group) is 1. The first-order chi connectivity index (χ1) is 8.29. The second-order valence-corrected chi connectivity index (χ2v) is 4.62. The monoisotopic (exact) mass is 268 g/mol. The summed E-state index contributed by atoms with van der Waals surface area (Å²) >= 11 is 0. The van der Waals surface area contributed by atoms with Crippen LogP contribution in [0.3, 0.4) is 0 Å². The summed E-state index contributed by atoms with van der Waals surface area (Å²) in [6.07, 6.45) is -3.03. The van der Waals surface area contributed by atoms with Crippen molar-refractivity contribution in [3.05, 3.63) is 0 Å². The van der Waals surface area contributed by atoms with E-state index in [-0.39, 0.29) is 6.42 Å². The molecule has 1 saturated carbocycles. The standard InChI is InChI=1S/C11H19F3N2O2/c1-2-16-10(9(15)17)5-3-4-8(6-10)18-7-11(12,13)14/h8,16H,2-7H2,1H3,(H2,15,17). The highest BCUT2D eigenvalue weighted by molar-refractivity contribution is 5.84. The van der Waals surface area contributed by atoms with Crippen LogP contribution in [-0.4, -0.2) is 36.9 Å². The minimum atomic E-state index is -4.34. The van der Waals surface area contributed by atoms with Gasteiger partial charge in [-0.15, -0.1) is 0 Å². The van der Waals surface area contributed by atoms with Crippen LogP contribution in [0.4, 0.5) is 13.2 Å². The molecule has 4 nitrogen and oxygen atoms in total. The molecule has 3 N–H and O–H groups in total. The van der Waals surface area contributed by atoms with Crippen LogP contribution in [-0.2, 0) is 9.53 Å². The number of carbonyl (C=O) groups excluding carboxylic acids is 1. The zero-order valence-electron chi connectivity index (χ0n) is 10.3. The zero-order chi connectivity index (χ0) is 13.8. The van der Waals surface area contributed by atoms with Gasteiger partial charge in [0, 0.05) is 6.42 Å². The van der Waals surface area contributed by atoms with Gasteiger partial charge in [-0.2, -0.15) is 13.2 Å². The Morgan fingerprint density at radius 1 is 1.56 bits per heavy atom. The van der Waals surface area contributed by atoms with Crippen molar-refractivity contribution in [2.45, 2.75) is 50.4 Å². The lowest BCUT2D eigenvalue weighted by Crippen LogP contribution is -2.59. The molecule has 1 aliphatic rings. The molecule has 0 aromatic carbocycles. The van der Waals surface area contributed by atoms with Gasteiger partial charge in [0.25, 0.3) is 0 Å². The van der Waals surface area contributed by atoms with Gasteiger partial charge in [0.15, 0.2) is 0 Å². The molecule has 1 amide bonds. The van der Waals surface area contributed by atoms with Crippen molar-refractivity contribution >= 4 is 5.91 Å². The molecule has 0 bridgehead atoms. The maximum atomic E-state index is 12.1. The van der Waals surface area contributed by atoms with Crippen molar-refractivity contribution in [2.24, 2.45) is 5.73 Å². The SMILES string of the molecule is CCNC1(C(N)=O)CCCC(OCC(F)(F)F)C1. The Morgan fingerprint density at radius 3 is 2.72 bits per heavy atom. The predicted molar refractivity (Wildman–Crippen MR) is 59.9 cm³/mol. The Bertz CT molecular complexity index is 293. The topological polar surface area (TPSA) is 64.3 Å². The molecular formula is C11H19F3N2O2. The Kier molecular flexibility index (Phi) is 4.98. The second-order valence-electron chi connectivity index (χ2n) is 4.62. The number of nitrogens with one attached hydrogen (secondary N) is 1. The Balaban J connectivity index is 2.61. The van der Waals surface area contributed by atoms with Gasteiger partial charge >= 0.3 is 6.18 Å². The summed E-state index contributed by atoms with van der Waals surface area (Å²) in [7, 11) is 0. The number of hydrogen-bond acceptors (Lipinski definition) is 3. The minimum Gasteiger partial charge on any atom is -0.369 e. The average Bonchev–Trinajstić information content (AvgIpc) is 2.26. The quantitative estimate of drug-likeness (QED) is 0.791. The van der Waals surface area contributed by atoms with Gasteiger partial charge in [-0.05, 0) is 25.8 Å². The van der Waals surface area contributed by atoms with Gasteiger partial charge in [-0.3, -0.25) is 4.79 Å². The Morgan fingerprint density at radius 2 is 2.22 bits per heavy atom. The molecule has 0 aromatic heterocycles. The molecule has 0 aromatic rings. The lowest BCUT2D eigenvalue weighted by molar-refractivity contribution is -0.190. The number of carbonyl (C=O) groups is 1. The number of rotatable bonds is 5. The van der Waals surface area contributed by atoms with Crippen LogP contribution in [0.5, 0.6) is 0 Å². The summed E-state index contributed by atoms with van der Waals surface area (Å²) in [4.78, 5) is 11.5. The minimum absolute atomic E-state index is 0.201. The van der Waals surface area contributed by atoms with Crippen LogP contribution in [0.1, 0.15) is 32.6 Å². The highest BCUT2D eigenvalue weighted by Gasteiger charge is 2.42. The molecule has 106 valence electrons. The maximum Gasteiger partial charge on any atom is 0.411 e. The fourth-order valence-electron chi connectivity index (χ4n) is 2.39. The first kappa shape index (κ1) is 15.2. The van der Waals surface area contributed by atoms with Crippen molar-refractivity contribution in [1.29, 1.82) is 0 Å². The fourth-order valence-corrected chi connectivity index (χ4v) is 2.39. The summed E-state index contributed by atoms with van der Waals surface area (Å²) < 4.78 is 41.1. The van der Waals surface area contributed by atoms with Crippen molar-refractivity contribution in [1.82, 2.24) is 5.32 Å². The van der Waals surface area contributed by atoms with Crippen LogP contribution in [0.2, 0.25) is 0 Å². The first-order valence-electron chi connectivity index (χ1n) is 6.02. The molecule has 7 heteroatoms. The number of nitrogens with two attached hydrogens (primary N) is 1. The summed E-state index contributed by atoms with van der Waals surface area (Å²) in [6.45, 7) is 1.08. The third-order valence-electron chi connectivity index (χ3n) is 3.18. The molecule has 0 spiro atoms. The van der Waals surface area contributed by atoms with Gasteiger partial charge in [0.1, 0.15) is 12.1 Å². The average molecular weight is 268 g/mol. The van der Waals surface area contributed by atoms with E-state index in [4.69, 9.17) is 10.5 Å². The van der Waals surface area contributed by atoms with Gasteiger partial charge in [-0.25, -0.2) is 0 Å². The molecule has 0 radical (unpaired) electrons. The number of alkyl halides is 3. The molecule has 1 aliphatic carbocycles. The largest absolute Gasteiger partial charge is 0.411 e. The molecule has 2 atom stereocenters. The molecule has 1 rings (SSSR count). The Hall–Kier alpha value is -0.820. The van der Waals surface area contributed by atoms with E-state index in [9.17, 15) is 18.0 Å². The van der Waals surface area contributed by atoms with E-state index >= 15 is 0 Å². The number of halogens is 3. The van der Waals surface area contributed by atoms with Gasteiger partial charge in [-0.1, -0.05) is 6.92 Å². The van der Waals surface area contributed by atoms with E-state index in [0.29, 0.717) is 25.8 Å². The third-order valence-corrected chi connectivity index (χ3v) is 3.18. The molecular weight excluding hydrogens is 249 g/mol. The Labute approximate surface area is 104 Å². The van der Waals surface area contributed by atoms with E-state index < -0.39 is 30.3 Å². The molecule has 0 saturated heterocycles. The summed E-state index contributed by atoms with van der Waals surface area (Å²) in [5.41, 5.74) is 4.43. The lowest BCUT2D eigenvalue weighted by atomic mass is 9.79. The summed E-state index contributed by atoms with van der Waals surface area (Å²) in [5, 5.41) is 2.99. The van der Waals surface area contributed by atoms with Crippen LogP contribution >= 0.6 is 0 Å².